The molecule has 138 valence electrons. The molecule has 1 aliphatic rings. The normalized spacial score (nSPS) is 17.6. The number of hydrogen-bond donors (Lipinski definition) is 1. The Bertz CT molecular complexity index is 802. The average molecular weight is 355 g/mol. The molecule has 2 aromatic rings. The molecule has 6 heteroatoms. The molecule has 2 heterocycles. The van der Waals surface area contributed by atoms with Gasteiger partial charge in [0.05, 0.1) is 5.69 Å². The molecular weight excluding hydrogens is 330 g/mol. The minimum Gasteiger partial charge on any atom is -0.338 e. The Hall–Kier alpha value is -2.63. The number of hydrogen-bond acceptors (Lipinski definition) is 4. The summed E-state index contributed by atoms with van der Waals surface area (Å²) in [5.74, 6) is 0.00920. The number of amides is 2. The van der Waals surface area contributed by atoms with Gasteiger partial charge in [-0.2, -0.15) is 0 Å². The maximum Gasteiger partial charge on any atom is 0.249 e. The molecule has 0 radical (unpaired) electrons. The number of benzene rings is 1. The van der Waals surface area contributed by atoms with Crippen LogP contribution in [0.2, 0.25) is 0 Å². The second-order valence-electron chi connectivity index (χ2n) is 7.65. The number of aromatic nitrogens is 1. The van der Waals surface area contributed by atoms with Crippen LogP contribution in [0.5, 0.6) is 0 Å². The van der Waals surface area contributed by atoms with Crippen LogP contribution in [0.4, 0.5) is 11.6 Å². The molecule has 2 amide bonds. The number of rotatable bonds is 4. The van der Waals surface area contributed by atoms with E-state index in [4.69, 9.17) is 4.52 Å². The molecule has 0 bridgehead atoms. The lowest BCUT2D eigenvalue weighted by Crippen LogP contribution is -2.41. The Kier molecular flexibility index (Phi) is 4.85. The zero-order chi connectivity index (χ0) is 18.9. The molecule has 1 fully saturated rings. The van der Waals surface area contributed by atoms with E-state index in [1.807, 2.05) is 45.0 Å². The Morgan fingerprint density at radius 3 is 2.58 bits per heavy atom. The number of aryl methyl sites for hydroxylation is 1. The van der Waals surface area contributed by atoms with E-state index in [0.717, 1.165) is 17.8 Å². The van der Waals surface area contributed by atoms with Gasteiger partial charge < -0.3 is 4.52 Å². The van der Waals surface area contributed by atoms with E-state index in [9.17, 15) is 9.59 Å². The Morgan fingerprint density at radius 2 is 2.00 bits per heavy atom. The number of carbonyl (C=O) groups is 2. The molecule has 6 nitrogen and oxygen atoms in total. The van der Waals surface area contributed by atoms with Gasteiger partial charge in [-0.25, -0.2) is 0 Å². The quantitative estimate of drug-likeness (QED) is 0.908. The number of anilines is 2. The van der Waals surface area contributed by atoms with Crippen molar-refractivity contribution in [1.29, 1.82) is 0 Å². The summed E-state index contributed by atoms with van der Waals surface area (Å²) in [7, 11) is 0. The predicted molar refractivity (Wildman–Crippen MR) is 100 cm³/mol. The van der Waals surface area contributed by atoms with Crippen molar-refractivity contribution in [3.05, 3.63) is 41.6 Å². The Labute approximate surface area is 153 Å². The first-order valence-corrected chi connectivity index (χ1v) is 8.98. The first-order chi connectivity index (χ1) is 12.3. The smallest absolute Gasteiger partial charge is 0.249 e. The number of nitrogens with one attached hydrogen (secondary N) is 1. The van der Waals surface area contributed by atoms with E-state index in [1.165, 1.54) is 5.56 Å². The van der Waals surface area contributed by atoms with Gasteiger partial charge in [0.2, 0.25) is 17.7 Å². The second kappa shape index (κ2) is 6.94. The third kappa shape index (κ3) is 3.64. The van der Waals surface area contributed by atoms with Crippen LogP contribution in [0.3, 0.4) is 0 Å². The first kappa shape index (κ1) is 18.2. The van der Waals surface area contributed by atoms with Crippen LogP contribution in [0.1, 0.15) is 51.8 Å². The molecular formula is C20H25N3O3. The molecule has 1 atom stereocenters. The largest absolute Gasteiger partial charge is 0.338 e. The summed E-state index contributed by atoms with van der Waals surface area (Å²) < 4.78 is 5.23. The van der Waals surface area contributed by atoms with Crippen LogP contribution >= 0.6 is 0 Å². The van der Waals surface area contributed by atoms with E-state index in [2.05, 4.69) is 17.4 Å². The fraction of sp³-hybridized carbons (Fsp3) is 0.450. The molecule has 26 heavy (non-hydrogen) atoms. The van der Waals surface area contributed by atoms with Crippen molar-refractivity contribution in [3.8, 4) is 0 Å². The van der Waals surface area contributed by atoms with Crippen LogP contribution in [0.15, 0.2) is 34.9 Å². The predicted octanol–water partition coefficient (Wildman–Crippen LogP) is 3.67. The SMILES string of the molecule is CCc1ccc(N2C(=O)CC[C@H]2C(=O)Nc2cc(C(C)(C)C)no2)cc1. The molecule has 1 aromatic carbocycles. The summed E-state index contributed by atoms with van der Waals surface area (Å²) in [4.78, 5) is 26.7. The summed E-state index contributed by atoms with van der Waals surface area (Å²) in [5, 5.41) is 6.77. The molecule has 0 unspecified atom stereocenters. The van der Waals surface area contributed by atoms with Crippen LogP contribution in [0.25, 0.3) is 0 Å². The van der Waals surface area contributed by atoms with Crippen LogP contribution < -0.4 is 10.2 Å². The van der Waals surface area contributed by atoms with Crippen molar-refractivity contribution in [2.45, 2.75) is 58.4 Å². The van der Waals surface area contributed by atoms with E-state index < -0.39 is 6.04 Å². The summed E-state index contributed by atoms with van der Waals surface area (Å²) >= 11 is 0. The number of nitrogens with zero attached hydrogens (tertiary/aromatic N) is 2. The third-order valence-electron chi connectivity index (χ3n) is 4.66. The fourth-order valence-electron chi connectivity index (χ4n) is 3.04. The van der Waals surface area contributed by atoms with Gasteiger partial charge in [-0.3, -0.25) is 19.8 Å². The van der Waals surface area contributed by atoms with Crippen molar-refractivity contribution in [3.63, 3.8) is 0 Å². The maximum atomic E-state index is 12.7. The van der Waals surface area contributed by atoms with Crippen LogP contribution in [-0.4, -0.2) is 23.0 Å². The van der Waals surface area contributed by atoms with Crippen molar-refractivity contribution in [1.82, 2.24) is 5.16 Å². The number of carbonyl (C=O) groups excluding carboxylic acids is 2. The molecule has 1 aromatic heterocycles. The van der Waals surface area contributed by atoms with Crippen LogP contribution in [-0.2, 0) is 21.4 Å². The van der Waals surface area contributed by atoms with Gasteiger partial charge in [-0.05, 0) is 30.5 Å². The second-order valence-corrected chi connectivity index (χ2v) is 7.65. The third-order valence-corrected chi connectivity index (χ3v) is 4.66. The summed E-state index contributed by atoms with van der Waals surface area (Å²) in [6.45, 7) is 8.14. The highest BCUT2D eigenvalue weighted by Crippen LogP contribution is 2.29. The van der Waals surface area contributed by atoms with Gasteiger partial charge in [-0.15, -0.1) is 0 Å². The zero-order valence-electron chi connectivity index (χ0n) is 15.7. The Balaban J connectivity index is 1.77. The standard InChI is InChI=1S/C20H25N3O3/c1-5-13-6-8-14(9-7-13)23-15(10-11-18(23)24)19(25)21-17-12-16(22-26-17)20(2,3)4/h6-9,12,15H,5,10-11H2,1-4H3,(H,21,25)/t15-/m0/s1. The molecule has 0 saturated carbocycles. The minimum absolute atomic E-state index is 0.0395. The minimum atomic E-state index is -0.543. The van der Waals surface area contributed by atoms with Gasteiger partial charge >= 0.3 is 0 Å². The van der Waals surface area contributed by atoms with Gasteiger partial charge in [0.1, 0.15) is 6.04 Å². The van der Waals surface area contributed by atoms with E-state index in [1.54, 1.807) is 11.0 Å². The molecule has 1 aliphatic heterocycles. The van der Waals surface area contributed by atoms with E-state index in [-0.39, 0.29) is 17.2 Å². The highest BCUT2D eigenvalue weighted by molar-refractivity contribution is 6.07. The van der Waals surface area contributed by atoms with Crippen molar-refractivity contribution < 1.29 is 14.1 Å². The van der Waals surface area contributed by atoms with Crippen molar-refractivity contribution >= 4 is 23.4 Å². The first-order valence-electron chi connectivity index (χ1n) is 8.98. The Morgan fingerprint density at radius 1 is 1.31 bits per heavy atom. The summed E-state index contributed by atoms with van der Waals surface area (Å²) in [6, 6.07) is 8.96. The monoisotopic (exact) mass is 355 g/mol. The lowest BCUT2D eigenvalue weighted by Gasteiger charge is -2.23. The maximum absolute atomic E-state index is 12.7. The molecule has 1 saturated heterocycles. The molecule has 0 aliphatic carbocycles. The van der Waals surface area contributed by atoms with E-state index >= 15 is 0 Å². The lowest BCUT2D eigenvalue weighted by molar-refractivity contribution is -0.120. The highest BCUT2D eigenvalue weighted by Gasteiger charge is 2.37. The molecule has 1 N–H and O–H groups in total. The zero-order valence-corrected chi connectivity index (χ0v) is 15.7. The topological polar surface area (TPSA) is 75.4 Å². The fourth-order valence-corrected chi connectivity index (χ4v) is 3.04. The molecule has 3 rings (SSSR count). The van der Waals surface area contributed by atoms with Gasteiger partial charge in [0.25, 0.3) is 0 Å². The molecule has 0 spiro atoms. The van der Waals surface area contributed by atoms with E-state index in [0.29, 0.717) is 18.7 Å². The van der Waals surface area contributed by atoms with Gasteiger partial charge in [-0.1, -0.05) is 45.0 Å². The van der Waals surface area contributed by atoms with Gasteiger partial charge in [0.15, 0.2) is 0 Å². The summed E-state index contributed by atoms with van der Waals surface area (Å²) in [5.41, 5.74) is 2.54. The van der Waals surface area contributed by atoms with Crippen molar-refractivity contribution in [2.24, 2.45) is 0 Å². The summed E-state index contributed by atoms with van der Waals surface area (Å²) in [6.07, 6.45) is 1.78. The lowest BCUT2D eigenvalue weighted by atomic mass is 9.92. The van der Waals surface area contributed by atoms with Crippen LogP contribution in [0, 0.1) is 0 Å². The average Bonchev–Trinajstić information content (AvgIpc) is 3.21. The van der Waals surface area contributed by atoms with Crippen molar-refractivity contribution in [2.75, 3.05) is 10.2 Å². The van der Waals surface area contributed by atoms with Gasteiger partial charge in [0, 0.05) is 23.6 Å². The highest BCUT2D eigenvalue weighted by atomic mass is 16.5.